The van der Waals surface area contributed by atoms with E-state index in [0.29, 0.717) is 22.5 Å². The van der Waals surface area contributed by atoms with Gasteiger partial charge in [-0.2, -0.15) is 0 Å². The summed E-state index contributed by atoms with van der Waals surface area (Å²) in [5.41, 5.74) is 4.59. The predicted molar refractivity (Wildman–Crippen MR) is 142 cm³/mol. The Morgan fingerprint density at radius 3 is 2.09 bits per heavy atom. The number of rotatable bonds is 8. The number of aromatic nitrogens is 3. The van der Waals surface area contributed by atoms with Crippen LogP contribution < -0.4 is 0 Å². The Morgan fingerprint density at radius 1 is 0.788 bits per heavy atom. The second-order valence-corrected chi connectivity index (χ2v) is 7.54. The number of hydrogen-bond acceptors (Lipinski definition) is 3. The third-order valence-electron chi connectivity index (χ3n) is 4.76. The van der Waals surface area contributed by atoms with Gasteiger partial charge in [0.2, 0.25) is 0 Å². The first-order valence-electron chi connectivity index (χ1n) is 10.6. The summed E-state index contributed by atoms with van der Waals surface area (Å²) in [7, 11) is 0. The molecular weight excluding hydrogens is 426 g/mol. The van der Waals surface area contributed by atoms with Gasteiger partial charge in [-0.3, -0.25) is 0 Å². The van der Waals surface area contributed by atoms with Gasteiger partial charge in [0.1, 0.15) is 0 Å². The number of nitrogens with zero attached hydrogens (tertiary/aromatic N) is 3. The standard InChI is InChI=1S/C29H26ClN3/c1-5-9-14-21(8-4)27-31-28(22(12-6-2)13-7-3)33-29(32-27)25-17-10-15-23(19-25)24-16-11-18-26(30)20-24/h5-20H,2,4H2,1,3H3/b9-5-,13-7-,21-14+,22-12+. The van der Waals surface area contributed by atoms with Gasteiger partial charge >= 0.3 is 0 Å². The summed E-state index contributed by atoms with van der Waals surface area (Å²) in [4.78, 5) is 14.3. The summed E-state index contributed by atoms with van der Waals surface area (Å²) >= 11 is 6.20. The first-order chi connectivity index (χ1) is 16.1. The highest BCUT2D eigenvalue weighted by Gasteiger charge is 2.13. The van der Waals surface area contributed by atoms with Gasteiger partial charge < -0.3 is 0 Å². The fourth-order valence-corrected chi connectivity index (χ4v) is 3.40. The summed E-state index contributed by atoms with van der Waals surface area (Å²) < 4.78 is 0. The van der Waals surface area contributed by atoms with Gasteiger partial charge in [0.25, 0.3) is 0 Å². The van der Waals surface area contributed by atoms with Crippen molar-refractivity contribution in [3.8, 4) is 22.5 Å². The normalized spacial score (nSPS) is 12.5. The van der Waals surface area contributed by atoms with E-state index in [9.17, 15) is 0 Å². The molecule has 3 rings (SSSR count). The Morgan fingerprint density at radius 2 is 1.45 bits per heavy atom. The molecule has 0 aliphatic rings. The third kappa shape index (κ3) is 6.12. The van der Waals surface area contributed by atoms with Crippen molar-refractivity contribution in [2.24, 2.45) is 0 Å². The van der Waals surface area contributed by atoms with Crippen LogP contribution in [0, 0.1) is 0 Å². The summed E-state index contributed by atoms with van der Waals surface area (Å²) in [6.45, 7) is 11.7. The van der Waals surface area contributed by atoms with Gasteiger partial charge in [-0.15, -0.1) is 0 Å². The minimum Gasteiger partial charge on any atom is -0.208 e. The molecule has 0 amide bonds. The fraction of sp³-hybridized carbons (Fsp3) is 0.0690. The Bertz CT molecular complexity index is 1280. The number of allylic oxidation sites excluding steroid dienone is 10. The minimum atomic E-state index is 0.552. The highest BCUT2D eigenvalue weighted by Crippen LogP contribution is 2.28. The van der Waals surface area contributed by atoms with Crippen LogP contribution in [0.25, 0.3) is 33.7 Å². The average molecular weight is 452 g/mol. The highest BCUT2D eigenvalue weighted by atomic mass is 35.5. The molecular formula is C29H26ClN3. The lowest BCUT2D eigenvalue weighted by atomic mass is 10.0. The lowest BCUT2D eigenvalue weighted by Gasteiger charge is -2.10. The zero-order valence-corrected chi connectivity index (χ0v) is 19.6. The molecule has 1 aromatic heterocycles. The van der Waals surface area contributed by atoms with Crippen LogP contribution in [0.3, 0.4) is 0 Å². The average Bonchev–Trinajstić information content (AvgIpc) is 2.84. The molecule has 0 N–H and O–H groups in total. The van der Waals surface area contributed by atoms with Gasteiger partial charge in [0.05, 0.1) is 0 Å². The largest absolute Gasteiger partial charge is 0.208 e. The monoisotopic (exact) mass is 451 g/mol. The maximum atomic E-state index is 6.20. The summed E-state index contributed by atoms with van der Waals surface area (Å²) in [6.07, 6.45) is 15.1. The molecule has 164 valence electrons. The van der Waals surface area contributed by atoms with Crippen LogP contribution in [-0.4, -0.2) is 15.0 Å². The predicted octanol–water partition coefficient (Wildman–Crippen LogP) is 8.15. The van der Waals surface area contributed by atoms with Crippen molar-refractivity contribution < 1.29 is 0 Å². The van der Waals surface area contributed by atoms with E-state index in [4.69, 9.17) is 26.6 Å². The molecule has 1 heterocycles. The zero-order chi connectivity index (χ0) is 23.6. The number of hydrogen-bond donors (Lipinski definition) is 0. The number of benzene rings is 2. The van der Waals surface area contributed by atoms with Gasteiger partial charge in [-0.05, 0) is 43.2 Å². The smallest absolute Gasteiger partial charge is 0.164 e. The topological polar surface area (TPSA) is 38.7 Å². The van der Waals surface area contributed by atoms with Crippen LogP contribution in [0.1, 0.15) is 25.5 Å². The van der Waals surface area contributed by atoms with Crippen LogP contribution in [-0.2, 0) is 0 Å². The molecule has 0 radical (unpaired) electrons. The van der Waals surface area contributed by atoms with E-state index >= 15 is 0 Å². The van der Waals surface area contributed by atoms with Crippen LogP contribution in [0.15, 0.2) is 110 Å². The Hall–Kier alpha value is -3.82. The van der Waals surface area contributed by atoms with Crippen LogP contribution in [0.2, 0.25) is 5.02 Å². The number of halogens is 1. The lowest BCUT2D eigenvalue weighted by Crippen LogP contribution is -2.04. The molecule has 0 bridgehead atoms. The van der Waals surface area contributed by atoms with E-state index in [2.05, 4.69) is 19.2 Å². The molecule has 0 unspecified atom stereocenters. The van der Waals surface area contributed by atoms with E-state index in [1.807, 2.05) is 92.8 Å². The molecule has 2 aromatic carbocycles. The van der Waals surface area contributed by atoms with Crippen molar-refractivity contribution in [3.63, 3.8) is 0 Å². The maximum Gasteiger partial charge on any atom is 0.164 e. The van der Waals surface area contributed by atoms with E-state index in [1.54, 1.807) is 12.2 Å². The fourth-order valence-electron chi connectivity index (χ4n) is 3.21. The van der Waals surface area contributed by atoms with Gasteiger partial charge in [0, 0.05) is 21.7 Å². The summed E-state index contributed by atoms with van der Waals surface area (Å²) in [6, 6.07) is 15.9. The van der Waals surface area contributed by atoms with Gasteiger partial charge in [-0.25, -0.2) is 15.0 Å². The van der Waals surface area contributed by atoms with Crippen molar-refractivity contribution in [1.82, 2.24) is 15.0 Å². The molecule has 0 aliphatic carbocycles. The van der Waals surface area contributed by atoms with Crippen molar-refractivity contribution in [2.75, 3.05) is 0 Å². The van der Waals surface area contributed by atoms with Crippen molar-refractivity contribution >= 4 is 22.7 Å². The molecule has 3 aromatic rings. The Labute approximate surface area is 200 Å². The first kappa shape index (κ1) is 23.8. The molecule has 33 heavy (non-hydrogen) atoms. The van der Waals surface area contributed by atoms with E-state index < -0.39 is 0 Å². The molecule has 0 aliphatic heterocycles. The van der Waals surface area contributed by atoms with Crippen LogP contribution >= 0.6 is 11.6 Å². The van der Waals surface area contributed by atoms with E-state index in [1.165, 1.54) is 0 Å². The third-order valence-corrected chi connectivity index (χ3v) is 5.00. The quantitative estimate of drug-likeness (QED) is 0.324. The molecule has 0 fully saturated rings. The van der Waals surface area contributed by atoms with Gasteiger partial charge in [0.15, 0.2) is 17.5 Å². The lowest BCUT2D eigenvalue weighted by molar-refractivity contribution is 1.00. The van der Waals surface area contributed by atoms with E-state index in [0.717, 1.165) is 27.8 Å². The molecule has 0 spiro atoms. The minimum absolute atomic E-state index is 0.552. The molecule has 4 heteroatoms. The zero-order valence-electron chi connectivity index (χ0n) is 18.9. The summed E-state index contributed by atoms with van der Waals surface area (Å²) in [5, 5.41) is 0.693. The first-order valence-corrected chi connectivity index (χ1v) is 11.0. The highest BCUT2D eigenvalue weighted by molar-refractivity contribution is 6.30. The molecule has 0 atom stereocenters. The second kappa shape index (κ2) is 11.7. The Balaban J connectivity index is 2.22. The van der Waals surface area contributed by atoms with Gasteiger partial charge in [-0.1, -0.05) is 104 Å². The molecule has 3 nitrogen and oxygen atoms in total. The maximum absolute atomic E-state index is 6.20. The van der Waals surface area contributed by atoms with Crippen LogP contribution in [0.5, 0.6) is 0 Å². The van der Waals surface area contributed by atoms with Crippen molar-refractivity contribution in [1.29, 1.82) is 0 Å². The summed E-state index contributed by atoms with van der Waals surface area (Å²) in [5.74, 6) is 1.69. The Kier molecular flexibility index (Phi) is 8.45. The molecule has 0 saturated heterocycles. The SMILES string of the molecule is C=C/C=C(\C=C/C)c1nc(/C(C=C)=C/C=C\C)nc(-c2cccc(-c3cccc(Cl)c3)c2)n1. The second-order valence-electron chi connectivity index (χ2n) is 7.11. The van der Waals surface area contributed by atoms with Crippen LogP contribution in [0.4, 0.5) is 0 Å². The van der Waals surface area contributed by atoms with E-state index in [-0.39, 0.29) is 0 Å². The van der Waals surface area contributed by atoms with Crippen molar-refractivity contribution in [2.45, 2.75) is 13.8 Å². The van der Waals surface area contributed by atoms with Crippen molar-refractivity contribution in [3.05, 3.63) is 127 Å². The molecule has 0 saturated carbocycles.